The van der Waals surface area contributed by atoms with Crippen LogP contribution in [-0.4, -0.2) is 84.1 Å². The summed E-state index contributed by atoms with van der Waals surface area (Å²) >= 11 is 0. The zero-order valence-electron chi connectivity index (χ0n) is 8.06. The second kappa shape index (κ2) is 7.66. The molecule has 0 heterocycles. The molecule has 0 atom stereocenters. The summed E-state index contributed by atoms with van der Waals surface area (Å²) in [4.78, 5) is 26.5. The van der Waals surface area contributed by atoms with E-state index in [-0.39, 0.29) is 59.1 Å². The van der Waals surface area contributed by atoms with E-state index in [1.54, 1.807) is 0 Å². The molecular formula is C6H4FN3Na2O8. The SMILES string of the molecule is O=[N+]([O-])c1c(O)c([N+](=O)[O-])c(F)c([N+](=O)[O-])c1O.[NaH].[NaH]. The standard InChI is InChI=1S/C6H2FN3O8.2Na.2H/c7-1-2(8(13)14)5(11)4(10(17)18)6(12)3(1)9(15)16;;;;/h11-12H;;;;. The molecule has 0 fully saturated rings. The zero-order chi connectivity index (χ0) is 14.2. The molecule has 11 nitrogen and oxygen atoms in total. The molecule has 0 spiro atoms. The Morgan fingerprint density at radius 1 is 0.750 bits per heavy atom. The van der Waals surface area contributed by atoms with Crippen LogP contribution >= 0.6 is 0 Å². The van der Waals surface area contributed by atoms with Crippen LogP contribution in [0.15, 0.2) is 0 Å². The molecule has 0 bridgehead atoms. The van der Waals surface area contributed by atoms with Crippen LogP contribution in [0.4, 0.5) is 21.5 Å². The minimum atomic E-state index is -2.18. The molecular weight excluding hydrogens is 307 g/mol. The molecule has 14 heteroatoms. The number of rotatable bonds is 3. The summed E-state index contributed by atoms with van der Waals surface area (Å²) in [6.07, 6.45) is 0. The molecule has 0 unspecified atom stereocenters. The number of nitro benzene ring substituents is 3. The summed E-state index contributed by atoms with van der Waals surface area (Å²) in [5, 5.41) is 49.4. The van der Waals surface area contributed by atoms with Crippen LogP contribution in [0.1, 0.15) is 0 Å². The van der Waals surface area contributed by atoms with Crippen molar-refractivity contribution in [3.8, 4) is 11.5 Å². The number of phenols is 2. The van der Waals surface area contributed by atoms with Crippen molar-refractivity contribution in [2.45, 2.75) is 0 Å². The molecule has 1 aromatic rings. The number of aromatic hydroxyl groups is 2. The van der Waals surface area contributed by atoms with Crippen LogP contribution < -0.4 is 0 Å². The average Bonchev–Trinajstić information content (AvgIpc) is 2.14. The molecule has 0 amide bonds. The van der Waals surface area contributed by atoms with Gasteiger partial charge in [-0.05, 0) is 0 Å². The van der Waals surface area contributed by atoms with E-state index in [9.17, 15) is 34.7 Å². The third-order valence-corrected chi connectivity index (χ3v) is 1.86. The number of phenolic OH excluding ortho intramolecular Hbond substituents is 2. The Labute approximate surface area is 152 Å². The molecule has 2 N–H and O–H groups in total. The van der Waals surface area contributed by atoms with Crippen LogP contribution in [0, 0.1) is 36.2 Å². The summed E-state index contributed by atoms with van der Waals surface area (Å²) in [5.74, 6) is -5.78. The molecule has 20 heavy (non-hydrogen) atoms. The molecule has 0 radical (unpaired) electrons. The number of nitro groups is 3. The van der Waals surface area contributed by atoms with Crippen LogP contribution in [-0.2, 0) is 0 Å². The van der Waals surface area contributed by atoms with Crippen molar-refractivity contribution in [2.75, 3.05) is 0 Å². The van der Waals surface area contributed by atoms with E-state index in [1.165, 1.54) is 0 Å². The monoisotopic (exact) mass is 311 g/mol. The van der Waals surface area contributed by atoms with Crippen LogP contribution in [0.25, 0.3) is 0 Å². The molecule has 1 aromatic carbocycles. The fraction of sp³-hybridized carbons (Fsp3) is 0. The summed E-state index contributed by atoms with van der Waals surface area (Å²) in [6, 6.07) is 0. The van der Waals surface area contributed by atoms with E-state index in [1.807, 2.05) is 0 Å². The topological polar surface area (TPSA) is 170 Å². The molecule has 0 saturated carbocycles. The summed E-state index contributed by atoms with van der Waals surface area (Å²) in [7, 11) is 0. The predicted molar refractivity (Wildman–Crippen MR) is 64.0 cm³/mol. The fourth-order valence-electron chi connectivity index (χ4n) is 1.16. The van der Waals surface area contributed by atoms with E-state index in [2.05, 4.69) is 0 Å². The maximum absolute atomic E-state index is 13.3. The number of nitrogens with zero attached hydrogens (tertiary/aromatic N) is 3. The number of hydrogen-bond donors (Lipinski definition) is 2. The molecule has 0 aliphatic heterocycles. The van der Waals surface area contributed by atoms with Crippen molar-refractivity contribution in [1.82, 2.24) is 0 Å². The first-order valence-electron chi connectivity index (χ1n) is 3.90. The third-order valence-electron chi connectivity index (χ3n) is 1.86. The molecule has 100 valence electrons. The van der Waals surface area contributed by atoms with Crippen molar-refractivity contribution in [1.29, 1.82) is 0 Å². The van der Waals surface area contributed by atoms with Gasteiger partial charge in [0, 0.05) is 0 Å². The molecule has 0 saturated heterocycles. The zero-order valence-corrected chi connectivity index (χ0v) is 8.06. The van der Waals surface area contributed by atoms with E-state index in [0.717, 1.165) is 0 Å². The Morgan fingerprint density at radius 2 is 1.00 bits per heavy atom. The normalized spacial score (nSPS) is 9.05. The van der Waals surface area contributed by atoms with Gasteiger partial charge >= 0.3 is 76.2 Å². The molecule has 0 aliphatic rings. The van der Waals surface area contributed by atoms with Crippen LogP contribution in [0.5, 0.6) is 11.5 Å². The van der Waals surface area contributed by atoms with Crippen molar-refractivity contribution in [3.05, 3.63) is 36.2 Å². The van der Waals surface area contributed by atoms with Gasteiger partial charge in [0.25, 0.3) is 17.3 Å². The summed E-state index contributed by atoms with van der Waals surface area (Å²) in [6.45, 7) is 0. The predicted octanol–water partition coefficient (Wildman–Crippen LogP) is -0.335. The molecule has 0 aromatic heterocycles. The Morgan fingerprint density at radius 3 is 1.20 bits per heavy atom. The number of hydrogen-bond acceptors (Lipinski definition) is 8. The first-order valence-corrected chi connectivity index (χ1v) is 3.90. The maximum atomic E-state index is 13.3. The summed E-state index contributed by atoms with van der Waals surface area (Å²) in [5.41, 5.74) is -5.42. The van der Waals surface area contributed by atoms with Gasteiger partial charge in [0.2, 0.25) is 0 Å². The van der Waals surface area contributed by atoms with Gasteiger partial charge in [-0.1, -0.05) is 0 Å². The number of halogens is 1. The third kappa shape index (κ3) is 3.53. The van der Waals surface area contributed by atoms with E-state index in [4.69, 9.17) is 10.2 Å². The fourth-order valence-corrected chi connectivity index (χ4v) is 1.16. The first-order chi connectivity index (χ1) is 8.20. The summed E-state index contributed by atoms with van der Waals surface area (Å²) < 4.78 is 13.3. The molecule has 0 aliphatic carbocycles. The van der Waals surface area contributed by atoms with Crippen molar-refractivity contribution >= 4 is 76.2 Å². The van der Waals surface area contributed by atoms with Gasteiger partial charge in [0.1, 0.15) is 0 Å². The van der Waals surface area contributed by atoms with Crippen LogP contribution in [0.2, 0.25) is 0 Å². The second-order valence-electron chi connectivity index (χ2n) is 2.83. The first kappa shape index (κ1) is 21.3. The van der Waals surface area contributed by atoms with E-state index >= 15 is 0 Å². The Balaban J connectivity index is 0. The van der Waals surface area contributed by atoms with Gasteiger partial charge in [0.15, 0.2) is 0 Å². The van der Waals surface area contributed by atoms with Gasteiger partial charge < -0.3 is 10.2 Å². The molecule has 1 rings (SSSR count). The van der Waals surface area contributed by atoms with Gasteiger partial charge in [-0.2, -0.15) is 4.39 Å². The van der Waals surface area contributed by atoms with Crippen molar-refractivity contribution in [2.24, 2.45) is 0 Å². The number of benzene rings is 1. The minimum absolute atomic E-state index is 0. The Hall–Kier alpha value is -1.05. The Kier molecular flexibility index (Phi) is 8.14. The average molecular weight is 311 g/mol. The van der Waals surface area contributed by atoms with Gasteiger partial charge in [-0.25, -0.2) is 0 Å². The second-order valence-corrected chi connectivity index (χ2v) is 2.83. The van der Waals surface area contributed by atoms with Crippen molar-refractivity contribution in [3.63, 3.8) is 0 Å². The van der Waals surface area contributed by atoms with E-state index in [0.29, 0.717) is 0 Å². The van der Waals surface area contributed by atoms with Gasteiger partial charge in [-0.15, -0.1) is 0 Å². The van der Waals surface area contributed by atoms with Crippen molar-refractivity contribution < 1.29 is 29.4 Å². The quantitative estimate of drug-likeness (QED) is 0.434. The van der Waals surface area contributed by atoms with E-state index < -0.39 is 49.1 Å². The Bertz CT molecular complexity index is 492. The van der Waals surface area contributed by atoms with Crippen LogP contribution in [0.3, 0.4) is 0 Å². The van der Waals surface area contributed by atoms with Gasteiger partial charge in [0.05, 0.1) is 14.8 Å². The van der Waals surface area contributed by atoms with Gasteiger partial charge in [-0.3, -0.25) is 30.3 Å².